The van der Waals surface area contributed by atoms with Crippen molar-refractivity contribution in [3.05, 3.63) is 39.9 Å². The predicted octanol–water partition coefficient (Wildman–Crippen LogP) is 1.62. The van der Waals surface area contributed by atoms with Gasteiger partial charge in [-0.3, -0.25) is 9.59 Å². The lowest BCUT2D eigenvalue weighted by Crippen LogP contribution is -2.35. The van der Waals surface area contributed by atoms with E-state index >= 15 is 0 Å². The summed E-state index contributed by atoms with van der Waals surface area (Å²) in [7, 11) is 0. The van der Waals surface area contributed by atoms with Crippen LogP contribution in [0.15, 0.2) is 23.1 Å². The molecule has 1 N–H and O–H groups in total. The molecular formula is C16H21N5O2S. The van der Waals surface area contributed by atoms with Crippen molar-refractivity contribution in [2.45, 2.75) is 31.4 Å². The Kier molecular flexibility index (Phi) is 5.03. The molecule has 2 aromatic rings. The minimum Gasteiger partial charge on any atom is -0.337 e. The summed E-state index contributed by atoms with van der Waals surface area (Å²) in [5.74, 6) is 0.508. The molecule has 0 aliphatic carbocycles. The Labute approximate surface area is 144 Å². The van der Waals surface area contributed by atoms with Crippen LogP contribution in [-0.2, 0) is 0 Å². The third-order valence-corrected chi connectivity index (χ3v) is 5.42. The molecule has 0 aromatic carbocycles. The number of nitrogens with one attached hydrogen (secondary N) is 1. The predicted molar refractivity (Wildman–Crippen MR) is 93.8 cm³/mol. The summed E-state index contributed by atoms with van der Waals surface area (Å²) < 4.78 is 1.58. The molecule has 1 fully saturated rings. The van der Waals surface area contributed by atoms with Crippen LogP contribution in [-0.4, -0.2) is 55.4 Å². The number of carbonyl (C=O) groups is 1. The highest BCUT2D eigenvalue weighted by atomic mass is 32.2. The molecule has 0 bridgehead atoms. The summed E-state index contributed by atoms with van der Waals surface area (Å²) in [6.45, 7) is 3.41. The molecule has 1 amide bonds. The minimum absolute atomic E-state index is 0.0177. The zero-order valence-corrected chi connectivity index (χ0v) is 14.7. The quantitative estimate of drug-likeness (QED) is 0.912. The van der Waals surface area contributed by atoms with E-state index < -0.39 is 0 Å². The van der Waals surface area contributed by atoms with Gasteiger partial charge in [-0.25, -0.2) is 9.78 Å². The Bertz CT molecular complexity index is 765. The van der Waals surface area contributed by atoms with Gasteiger partial charge in [0, 0.05) is 24.4 Å². The van der Waals surface area contributed by atoms with Gasteiger partial charge in [-0.2, -0.15) is 22.0 Å². The van der Waals surface area contributed by atoms with Gasteiger partial charge in [0.25, 0.3) is 11.5 Å². The van der Waals surface area contributed by atoms with Gasteiger partial charge in [0.2, 0.25) is 0 Å². The molecule has 7 nitrogen and oxygen atoms in total. The van der Waals surface area contributed by atoms with E-state index in [4.69, 9.17) is 0 Å². The first-order valence-corrected chi connectivity index (χ1v) is 9.31. The summed E-state index contributed by atoms with van der Waals surface area (Å²) in [4.78, 5) is 26.0. The molecule has 1 unspecified atom stereocenters. The molecule has 3 heterocycles. The second-order valence-corrected chi connectivity index (χ2v) is 7.08. The smallest absolute Gasteiger partial charge is 0.264 e. The van der Waals surface area contributed by atoms with E-state index in [1.165, 1.54) is 6.07 Å². The van der Waals surface area contributed by atoms with E-state index in [0.29, 0.717) is 16.6 Å². The molecule has 24 heavy (non-hydrogen) atoms. The molecule has 0 spiro atoms. The van der Waals surface area contributed by atoms with Crippen molar-refractivity contribution in [1.29, 1.82) is 0 Å². The molecule has 1 atom stereocenters. The average Bonchev–Trinajstić information content (AvgIpc) is 2.82. The zero-order chi connectivity index (χ0) is 17.1. The molecule has 0 radical (unpaired) electrons. The number of likely N-dealkylation sites (tertiary alicyclic amines) is 1. The van der Waals surface area contributed by atoms with Crippen LogP contribution in [0, 0.1) is 6.92 Å². The van der Waals surface area contributed by atoms with E-state index in [-0.39, 0.29) is 11.5 Å². The SMILES string of the molecule is CSC1CCCCN(C(=O)c2cnn(-c3ccc(=O)[nH]n3)c2C)C1. The molecule has 2 aromatic heterocycles. The van der Waals surface area contributed by atoms with Crippen LogP contribution in [0.4, 0.5) is 0 Å². The van der Waals surface area contributed by atoms with Gasteiger partial charge in [0.15, 0.2) is 5.82 Å². The van der Waals surface area contributed by atoms with E-state index in [1.54, 1.807) is 16.9 Å². The van der Waals surface area contributed by atoms with Gasteiger partial charge >= 0.3 is 0 Å². The Morgan fingerprint density at radius 1 is 1.38 bits per heavy atom. The minimum atomic E-state index is -0.271. The van der Waals surface area contributed by atoms with Crippen LogP contribution in [0.2, 0.25) is 0 Å². The number of nitrogens with zero attached hydrogens (tertiary/aromatic N) is 4. The number of H-pyrrole nitrogens is 1. The topological polar surface area (TPSA) is 83.9 Å². The fourth-order valence-corrected chi connectivity index (χ4v) is 3.69. The number of hydrogen-bond donors (Lipinski definition) is 1. The second-order valence-electron chi connectivity index (χ2n) is 5.94. The third kappa shape index (κ3) is 3.38. The van der Waals surface area contributed by atoms with Gasteiger partial charge in [0.05, 0.1) is 17.5 Å². The van der Waals surface area contributed by atoms with Crippen molar-refractivity contribution >= 4 is 17.7 Å². The number of hydrogen-bond acceptors (Lipinski definition) is 5. The van der Waals surface area contributed by atoms with Crippen LogP contribution in [0.3, 0.4) is 0 Å². The van der Waals surface area contributed by atoms with Crippen LogP contribution >= 0.6 is 11.8 Å². The molecule has 128 valence electrons. The van der Waals surface area contributed by atoms with Crippen LogP contribution < -0.4 is 5.56 Å². The highest BCUT2D eigenvalue weighted by Crippen LogP contribution is 2.22. The summed E-state index contributed by atoms with van der Waals surface area (Å²) in [6.07, 6.45) is 7.05. The highest BCUT2D eigenvalue weighted by Gasteiger charge is 2.25. The highest BCUT2D eigenvalue weighted by molar-refractivity contribution is 7.99. The molecule has 0 saturated carbocycles. The number of thioether (sulfide) groups is 1. The van der Waals surface area contributed by atoms with Crippen molar-refractivity contribution in [1.82, 2.24) is 24.9 Å². The molecule has 1 aliphatic rings. The summed E-state index contributed by atoms with van der Waals surface area (Å²) >= 11 is 1.82. The Morgan fingerprint density at radius 2 is 2.21 bits per heavy atom. The van der Waals surface area contributed by atoms with Crippen molar-refractivity contribution in [2.75, 3.05) is 19.3 Å². The van der Waals surface area contributed by atoms with Crippen molar-refractivity contribution < 1.29 is 4.79 Å². The van der Waals surface area contributed by atoms with E-state index in [0.717, 1.165) is 38.0 Å². The maximum absolute atomic E-state index is 12.9. The van der Waals surface area contributed by atoms with Gasteiger partial charge in [-0.1, -0.05) is 6.42 Å². The van der Waals surface area contributed by atoms with E-state index in [9.17, 15) is 9.59 Å². The maximum atomic E-state index is 12.9. The lowest BCUT2D eigenvalue weighted by Gasteiger charge is -2.23. The number of amides is 1. The third-order valence-electron chi connectivity index (χ3n) is 4.37. The number of rotatable bonds is 3. The Hall–Kier alpha value is -2.09. The first kappa shape index (κ1) is 16.8. The Balaban J connectivity index is 1.85. The molecular weight excluding hydrogens is 326 g/mol. The largest absolute Gasteiger partial charge is 0.337 e. The van der Waals surface area contributed by atoms with Gasteiger partial charge in [-0.15, -0.1) is 0 Å². The number of aromatic amines is 1. The van der Waals surface area contributed by atoms with Crippen molar-refractivity contribution in [3.63, 3.8) is 0 Å². The van der Waals surface area contributed by atoms with Gasteiger partial charge in [-0.05, 0) is 32.1 Å². The van der Waals surface area contributed by atoms with Crippen molar-refractivity contribution in [3.8, 4) is 5.82 Å². The fourth-order valence-electron chi connectivity index (χ4n) is 2.96. The van der Waals surface area contributed by atoms with Gasteiger partial charge < -0.3 is 4.90 Å². The lowest BCUT2D eigenvalue weighted by molar-refractivity contribution is 0.0762. The van der Waals surface area contributed by atoms with E-state index in [2.05, 4.69) is 21.6 Å². The number of carbonyl (C=O) groups excluding carboxylic acids is 1. The van der Waals surface area contributed by atoms with Gasteiger partial charge in [0.1, 0.15) is 0 Å². The molecule has 8 heteroatoms. The first-order chi connectivity index (χ1) is 11.6. The monoisotopic (exact) mass is 347 g/mol. The summed E-state index contributed by atoms with van der Waals surface area (Å²) in [5.41, 5.74) is 1.04. The number of aromatic nitrogens is 4. The molecule has 1 saturated heterocycles. The maximum Gasteiger partial charge on any atom is 0.264 e. The lowest BCUT2D eigenvalue weighted by atomic mass is 10.2. The fraction of sp³-hybridized carbons (Fsp3) is 0.500. The molecule has 1 aliphatic heterocycles. The normalized spacial score (nSPS) is 18.4. The summed E-state index contributed by atoms with van der Waals surface area (Å²) in [6, 6.07) is 2.98. The van der Waals surface area contributed by atoms with Crippen LogP contribution in [0.1, 0.15) is 35.3 Å². The van der Waals surface area contributed by atoms with E-state index in [1.807, 2.05) is 23.6 Å². The average molecular weight is 347 g/mol. The van der Waals surface area contributed by atoms with Crippen LogP contribution in [0.5, 0.6) is 0 Å². The zero-order valence-electron chi connectivity index (χ0n) is 13.9. The summed E-state index contributed by atoms with van der Waals surface area (Å²) in [5, 5.41) is 11.1. The first-order valence-electron chi connectivity index (χ1n) is 8.03. The van der Waals surface area contributed by atoms with Crippen molar-refractivity contribution in [2.24, 2.45) is 0 Å². The molecule has 3 rings (SSSR count). The van der Waals surface area contributed by atoms with Crippen LogP contribution in [0.25, 0.3) is 5.82 Å². The second kappa shape index (κ2) is 7.21. The Morgan fingerprint density at radius 3 is 2.92 bits per heavy atom. The standard InChI is InChI=1S/C16H21N5O2S/c1-11-13(9-17-21(11)14-6-7-15(22)19-18-14)16(23)20-8-4-3-5-12(10-20)24-2/h6-7,9,12H,3-5,8,10H2,1-2H3,(H,19,22).